The van der Waals surface area contributed by atoms with E-state index in [2.05, 4.69) is 4.74 Å². The van der Waals surface area contributed by atoms with E-state index in [9.17, 15) is 18.0 Å². The number of rotatable bonds is 9. The first-order valence-corrected chi connectivity index (χ1v) is 10.8. The van der Waals surface area contributed by atoms with Crippen LogP contribution in [0.25, 0.3) is 0 Å². The van der Waals surface area contributed by atoms with Crippen LogP contribution in [0.4, 0.5) is 13.2 Å². The average Bonchev–Trinajstić information content (AvgIpc) is 3.58. The number of alkyl halides is 3. The summed E-state index contributed by atoms with van der Waals surface area (Å²) in [4.78, 5) is 12.7. The molecule has 1 saturated heterocycles. The molecule has 0 spiro atoms. The molecule has 4 rings (SSSR count). The van der Waals surface area contributed by atoms with Gasteiger partial charge < -0.3 is 14.6 Å². The van der Waals surface area contributed by atoms with E-state index in [1.807, 2.05) is 29.2 Å². The molecule has 0 atom stereocenters. The minimum absolute atomic E-state index is 0.0700. The molecule has 32 heavy (non-hydrogen) atoms. The van der Waals surface area contributed by atoms with Crippen LogP contribution >= 0.6 is 0 Å². The van der Waals surface area contributed by atoms with Gasteiger partial charge in [0.2, 0.25) is 0 Å². The maximum Gasteiger partial charge on any atom is 0.573 e. The summed E-state index contributed by atoms with van der Waals surface area (Å²) in [5.74, 6) is -0.0328. The Morgan fingerprint density at radius 3 is 2.44 bits per heavy atom. The summed E-state index contributed by atoms with van der Waals surface area (Å²) < 4.78 is 47.4. The number of carboxylic acids is 1. The summed E-state index contributed by atoms with van der Waals surface area (Å²) in [5.41, 5.74) is 1.40. The van der Waals surface area contributed by atoms with Gasteiger partial charge in [0.15, 0.2) is 0 Å². The Hall–Kier alpha value is -2.74. The largest absolute Gasteiger partial charge is 0.573 e. The number of hydrogen-bond donors (Lipinski definition) is 1. The fraction of sp³-hybridized carbons (Fsp3) is 0.458. The number of carbonyl (C=O) groups is 1. The number of likely N-dealkylation sites (tertiary alicyclic amines) is 1. The summed E-state index contributed by atoms with van der Waals surface area (Å²) in [5, 5.41) is 8.76. The second-order valence-corrected chi connectivity index (χ2v) is 8.13. The van der Waals surface area contributed by atoms with Crippen LogP contribution < -0.4 is 9.47 Å². The highest BCUT2D eigenvalue weighted by atomic mass is 19.4. The molecule has 0 amide bonds. The lowest BCUT2D eigenvalue weighted by atomic mass is 10.00. The molecule has 0 aromatic heterocycles. The van der Waals surface area contributed by atoms with Gasteiger partial charge in [0, 0.05) is 37.5 Å². The minimum atomic E-state index is -4.71. The fourth-order valence-corrected chi connectivity index (χ4v) is 3.27. The maximum absolute atomic E-state index is 12.5. The number of nitrogens with zero attached hydrogens (tertiary/aromatic N) is 1. The molecule has 2 aromatic rings. The molecule has 0 unspecified atom stereocenters. The van der Waals surface area contributed by atoms with Gasteiger partial charge in [-0.2, -0.15) is 0 Å². The Balaban J connectivity index is 0.000000887. The van der Waals surface area contributed by atoms with Crippen molar-refractivity contribution in [2.75, 3.05) is 19.7 Å². The molecule has 174 valence electrons. The number of ether oxygens (including phenoxy) is 2. The van der Waals surface area contributed by atoms with Crippen LogP contribution in [0.2, 0.25) is 0 Å². The molecule has 8 heteroatoms. The van der Waals surface area contributed by atoms with Crippen LogP contribution in [0, 0.1) is 5.92 Å². The molecule has 1 saturated carbocycles. The van der Waals surface area contributed by atoms with Gasteiger partial charge in [-0.15, -0.1) is 13.2 Å². The predicted octanol–water partition coefficient (Wildman–Crippen LogP) is 5.28. The van der Waals surface area contributed by atoms with Crippen LogP contribution in [-0.4, -0.2) is 42.0 Å². The van der Waals surface area contributed by atoms with E-state index in [4.69, 9.17) is 9.84 Å². The van der Waals surface area contributed by atoms with Gasteiger partial charge in [0.1, 0.15) is 11.5 Å². The van der Waals surface area contributed by atoms with E-state index in [1.54, 1.807) is 12.1 Å². The van der Waals surface area contributed by atoms with E-state index in [0.717, 1.165) is 18.7 Å². The van der Waals surface area contributed by atoms with Crippen molar-refractivity contribution in [3.05, 3.63) is 59.7 Å². The molecular weight excluding hydrogens is 423 g/mol. The van der Waals surface area contributed by atoms with E-state index in [1.165, 1.54) is 31.4 Å². The Morgan fingerprint density at radius 1 is 1.06 bits per heavy atom. The van der Waals surface area contributed by atoms with Crippen molar-refractivity contribution in [2.45, 2.75) is 45.0 Å². The van der Waals surface area contributed by atoms with Crippen molar-refractivity contribution in [3.8, 4) is 11.5 Å². The summed E-state index contributed by atoms with van der Waals surface area (Å²) in [6.45, 7) is 2.32. The van der Waals surface area contributed by atoms with Crippen LogP contribution in [0.5, 0.6) is 11.5 Å². The highest BCUT2D eigenvalue weighted by molar-refractivity contribution is 5.67. The standard InChI is InChI=1S/C21H22F3NO4.C3H6/c22-21(23,24)29-19-7-2-1-5-17(19)13-25-11-16(12-25)14-28-18-6-3-4-15(10-18)8-9-20(26)27;1-2-3-1/h1-7,10,16H,8-9,11-14H2,(H,26,27);1-3H2. The maximum atomic E-state index is 12.5. The third-order valence-corrected chi connectivity index (χ3v) is 4.99. The molecule has 0 bridgehead atoms. The van der Waals surface area contributed by atoms with Crippen molar-refractivity contribution in [1.82, 2.24) is 4.90 Å². The highest BCUT2D eigenvalue weighted by Crippen LogP contribution is 2.29. The van der Waals surface area contributed by atoms with Crippen LogP contribution in [-0.2, 0) is 17.8 Å². The Morgan fingerprint density at radius 2 is 1.78 bits per heavy atom. The second kappa shape index (κ2) is 11.2. The predicted molar refractivity (Wildman–Crippen MR) is 114 cm³/mol. The fourth-order valence-electron chi connectivity index (χ4n) is 3.27. The highest BCUT2D eigenvalue weighted by Gasteiger charge is 2.33. The zero-order chi connectivity index (χ0) is 23.0. The average molecular weight is 451 g/mol. The number of aryl methyl sites for hydroxylation is 1. The van der Waals surface area contributed by atoms with Crippen molar-refractivity contribution in [3.63, 3.8) is 0 Å². The zero-order valence-electron chi connectivity index (χ0n) is 17.8. The number of hydrogen-bond acceptors (Lipinski definition) is 4. The normalized spacial score (nSPS) is 15.8. The minimum Gasteiger partial charge on any atom is -0.493 e. The van der Waals surface area contributed by atoms with Crippen molar-refractivity contribution in [1.29, 1.82) is 0 Å². The summed E-state index contributed by atoms with van der Waals surface area (Å²) in [6.07, 6.45) is 0.310. The van der Waals surface area contributed by atoms with Crippen LogP contribution in [0.15, 0.2) is 48.5 Å². The molecule has 0 radical (unpaired) electrons. The lowest BCUT2D eigenvalue weighted by Crippen LogP contribution is -2.48. The lowest BCUT2D eigenvalue weighted by molar-refractivity contribution is -0.275. The van der Waals surface area contributed by atoms with Gasteiger partial charge in [0.05, 0.1) is 6.61 Å². The van der Waals surface area contributed by atoms with E-state index >= 15 is 0 Å². The number of carboxylic acid groups (broad SMARTS) is 1. The van der Waals surface area contributed by atoms with Crippen molar-refractivity contribution >= 4 is 5.97 Å². The first kappa shape index (κ1) is 23.9. The molecule has 1 N–H and O–H groups in total. The van der Waals surface area contributed by atoms with Crippen LogP contribution in [0.1, 0.15) is 36.8 Å². The zero-order valence-corrected chi connectivity index (χ0v) is 17.8. The molecule has 5 nitrogen and oxygen atoms in total. The smallest absolute Gasteiger partial charge is 0.493 e. The SMILES string of the molecule is C1CC1.O=C(O)CCc1cccc(OCC2CN(Cc3ccccc3OC(F)(F)F)C2)c1. The van der Waals surface area contributed by atoms with Gasteiger partial charge in [-0.25, -0.2) is 0 Å². The second-order valence-electron chi connectivity index (χ2n) is 8.13. The van der Waals surface area contributed by atoms with Crippen molar-refractivity contribution in [2.24, 2.45) is 5.92 Å². The molecule has 2 aliphatic rings. The number of aliphatic carboxylic acids is 1. The number of benzene rings is 2. The molecule has 1 aliphatic heterocycles. The summed E-state index contributed by atoms with van der Waals surface area (Å²) >= 11 is 0. The third-order valence-electron chi connectivity index (χ3n) is 4.99. The Kier molecular flexibility index (Phi) is 8.39. The van der Waals surface area contributed by atoms with Crippen LogP contribution in [0.3, 0.4) is 0 Å². The van der Waals surface area contributed by atoms with E-state index in [0.29, 0.717) is 30.9 Å². The third kappa shape index (κ3) is 8.78. The monoisotopic (exact) mass is 451 g/mol. The molecule has 2 fully saturated rings. The number of halogens is 3. The summed E-state index contributed by atoms with van der Waals surface area (Å²) in [7, 11) is 0. The topological polar surface area (TPSA) is 59.0 Å². The number of para-hydroxylation sites is 1. The van der Waals surface area contributed by atoms with Gasteiger partial charge >= 0.3 is 12.3 Å². The van der Waals surface area contributed by atoms with E-state index < -0.39 is 12.3 Å². The summed E-state index contributed by atoms with van der Waals surface area (Å²) in [6, 6.07) is 13.5. The quantitative estimate of drug-likeness (QED) is 0.562. The molecular formula is C24H28F3NO4. The first-order valence-electron chi connectivity index (χ1n) is 10.8. The molecule has 2 aromatic carbocycles. The first-order chi connectivity index (χ1) is 15.3. The Labute approximate surface area is 185 Å². The van der Waals surface area contributed by atoms with Gasteiger partial charge in [-0.3, -0.25) is 9.69 Å². The van der Waals surface area contributed by atoms with Gasteiger partial charge in [0.25, 0.3) is 0 Å². The lowest BCUT2D eigenvalue weighted by Gasteiger charge is -2.39. The van der Waals surface area contributed by atoms with Crippen molar-refractivity contribution < 1.29 is 32.5 Å². The van der Waals surface area contributed by atoms with Gasteiger partial charge in [-0.05, 0) is 30.2 Å². The molecule has 1 aliphatic carbocycles. The van der Waals surface area contributed by atoms with Gasteiger partial charge in [-0.1, -0.05) is 49.6 Å². The van der Waals surface area contributed by atoms with E-state index in [-0.39, 0.29) is 18.1 Å². The Bertz CT molecular complexity index is 877. The molecule has 1 heterocycles.